The second-order valence-electron chi connectivity index (χ2n) is 4.81. The molecule has 0 aliphatic rings. The Balaban J connectivity index is 2.22. The van der Waals surface area contributed by atoms with E-state index in [0.29, 0.717) is 12.4 Å². The van der Waals surface area contributed by atoms with Gasteiger partial charge in [-0.15, -0.1) is 0 Å². The van der Waals surface area contributed by atoms with Crippen molar-refractivity contribution in [1.82, 2.24) is 10.6 Å². The van der Waals surface area contributed by atoms with E-state index in [2.05, 4.69) is 24.7 Å². The molecule has 0 spiro atoms. The first-order valence-electron chi connectivity index (χ1n) is 6.72. The van der Waals surface area contributed by atoms with Gasteiger partial charge in [0.15, 0.2) is 11.6 Å². The maximum absolute atomic E-state index is 10.4. The molecule has 0 bridgehead atoms. The van der Waals surface area contributed by atoms with E-state index >= 15 is 0 Å². The van der Waals surface area contributed by atoms with Crippen LogP contribution in [0.25, 0.3) is 0 Å². The zero-order valence-corrected chi connectivity index (χ0v) is 13.5. The van der Waals surface area contributed by atoms with E-state index in [9.17, 15) is 10.1 Å². The van der Waals surface area contributed by atoms with Crippen molar-refractivity contribution in [3.63, 3.8) is 0 Å². The van der Waals surface area contributed by atoms with E-state index in [1.165, 1.54) is 4.90 Å². The molecule has 0 aliphatic carbocycles. The van der Waals surface area contributed by atoms with Crippen LogP contribution in [-0.4, -0.2) is 38.4 Å². The predicted molar refractivity (Wildman–Crippen MR) is 83.5 cm³/mol. The van der Waals surface area contributed by atoms with Crippen molar-refractivity contribution >= 4 is 11.8 Å². The Kier molecular flexibility index (Phi) is 7.70. The number of quaternary nitrogens is 1. The van der Waals surface area contributed by atoms with E-state index < -0.39 is 4.92 Å². The van der Waals surface area contributed by atoms with Gasteiger partial charge in [0.2, 0.25) is 0 Å². The molecule has 0 aliphatic heterocycles. The Morgan fingerprint density at radius 2 is 2.19 bits per heavy atom. The fraction of sp³-hybridized carbons (Fsp3) is 0.538. The zero-order chi connectivity index (χ0) is 15.7. The third-order valence-electron chi connectivity index (χ3n) is 2.56. The van der Waals surface area contributed by atoms with Crippen LogP contribution in [0.2, 0.25) is 0 Å². The first-order valence-corrected chi connectivity index (χ1v) is 7.88. The summed E-state index contributed by atoms with van der Waals surface area (Å²) in [6.07, 6.45) is 0.924. The maximum atomic E-state index is 10.4. The van der Waals surface area contributed by atoms with E-state index in [1.807, 2.05) is 12.1 Å². The predicted octanol–water partition coefficient (Wildman–Crippen LogP) is 0.0419. The lowest BCUT2D eigenvalue weighted by molar-refractivity contribution is -0.873. The molecule has 3 N–H and O–H groups in total. The van der Waals surface area contributed by atoms with Gasteiger partial charge in [-0.05, 0) is 12.1 Å². The lowest BCUT2D eigenvalue weighted by Gasteiger charge is -2.07. The van der Waals surface area contributed by atoms with Gasteiger partial charge >= 0.3 is 0 Å². The van der Waals surface area contributed by atoms with Crippen molar-refractivity contribution in [2.75, 3.05) is 33.4 Å². The van der Waals surface area contributed by atoms with Crippen LogP contribution in [0.1, 0.15) is 11.5 Å². The van der Waals surface area contributed by atoms with Crippen molar-refractivity contribution in [1.29, 1.82) is 0 Å². The molecule has 8 heteroatoms. The third kappa shape index (κ3) is 7.62. The summed E-state index contributed by atoms with van der Waals surface area (Å²) in [5, 5.41) is 16.1. The number of thioether (sulfide) groups is 1. The summed E-state index contributed by atoms with van der Waals surface area (Å²) < 4.78 is 5.72. The van der Waals surface area contributed by atoms with Gasteiger partial charge in [-0.25, -0.2) is 0 Å². The SMILES string of the molecule is CNC(=C[N+](=O)[O-])NCCSCc1ccc(C[NH+](C)C)o1. The molecule has 0 atom stereocenters. The van der Waals surface area contributed by atoms with Gasteiger partial charge in [-0.1, -0.05) is 0 Å². The number of nitrogens with zero attached hydrogens (tertiary/aromatic N) is 1. The Morgan fingerprint density at radius 1 is 1.48 bits per heavy atom. The lowest BCUT2D eigenvalue weighted by atomic mass is 10.4. The van der Waals surface area contributed by atoms with E-state index in [1.54, 1.807) is 18.8 Å². The highest BCUT2D eigenvalue weighted by atomic mass is 32.2. The van der Waals surface area contributed by atoms with Crippen molar-refractivity contribution in [3.8, 4) is 0 Å². The molecule has 0 unspecified atom stereocenters. The van der Waals surface area contributed by atoms with Crippen LogP contribution in [0.3, 0.4) is 0 Å². The van der Waals surface area contributed by atoms with E-state index in [4.69, 9.17) is 4.42 Å². The smallest absolute Gasteiger partial charge is 0.274 e. The standard InChI is InChI=1S/C13H22N4O3S/c1-14-13(9-17(18)19)15-6-7-21-10-12-5-4-11(20-12)8-16(2)3/h4-5,9,14-15H,6-8,10H2,1-3H3/p+1. The van der Waals surface area contributed by atoms with Crippen LogP contribution >= 0.6 is 11.8 Å². The van der Waals surface area contributed by atoms with Crippen LogP contribution in [0.4, 0.5) is 0 Å². The molecular weight excluding hydrogens is 292 g/mol. The molecule has 0 saturated carbocycles. The molecule has 21 heavy (non-hydrogen) atoms. The Bertz CT molecular complexity index is 474. The van der Waals surface area contributed by atoms with E-state index in [0.717, 1.165) is 35.8 Å². The highest BCUT2D eigenvalue weighted by Gasteiger charge is 2.05. The van der Waals surface area contributed by atoms with Gasteiger partial charge in [-0.2, -0.15) is 11.8 Å². The van der Waals surface area contributed by atoms with Gasteiger partial charge in [-0.3, -0.25) is 10.1 Å². The monoisotopic (exact) mass is 315 g/mol. The largest absolute Gasteiger partial charge is 0.459 e. The number of furan rings is 1. The van der Waals surface area contributed by atoms with Crippen LogP contribution < -0.4 is 15.5 Å². The molecule has 1 rings (SSSR count). The minimum absolute atomic E-state index is 0.412. The van der Waals surface area contributed by atoms with Gasteiger partial charge in [0, 0.05) is 19.3 Å². The van der Waals surface area contributed by atoms with Gasteiger partial charge < -0.3 is 20.0 Å². The molecule has 118 valence electrons. The molecule has 7 nitrogen and oxygen atoms in total. The summed E-state index contributed by atoms with van der Waals surface area (Å²) in [6, 6.07) is 4.02. The highest BCUT2D eigenvalue weighted by Crippen LogP contribution is 2.14. The lowest BCUT2D eigenvalue weighted by Crippen LogP contribution is -3.04. The van der Waals surface area contributed by atoms with E-state index in [-0.39, 0.29) is 0 Å². The molecule has 1 aromatic rings. The van der Waals surface area contributed by atoms with Crippen molar-refractivity contribution in [2.24, 2.45) is 0 Å². The first-order chi connectivity index (χ1) is 10.0. The zero-order valence-electron chi connectivity index (χ0n) is 12.6. The van der Waals surface area contributed by atoms with Crippen LogP contribution in [0.5, 0.6) is 0 Å². The number of rotatable bonds is 10. The van der Waals surface area contributed by atoms with Crippen LogP contribution in [-0.2, 0) is 12.3 Å². The number of hydrogen-bond acceptors (Lipinski definition) is 6. The van der Waals surface area contributed by atoms with Crippen molar-refractivity contribution < 1.29 is 14.2 Å². The quantitative estimate of drug-likeness (QED) is 0.321. The average Bonchev–Trinajstić information content (AvgIpc) is 2.83. The number of nitro groups is 1. The summed E-state index contributed by atoms with van der Waals surface area (Å²) in [6.45, 7) is 1.53. The van der Waals surface area contributed by atoms with Crippen LogP contribution in [0.15, 0.2) is 28.6 Å². The molecule has 1 aromatic heterocycles. The average molecular weight is 315 g/mol. The van der Waals surface area contributed by atoms with Crippen molar-refractivity contribution in [2.45, 2.75) is 12.3 Å². The fourth-order valence-electron chi connectivity index (χ4n) is 1.68. The van der Waals surface area contributed by atoms with Crippen molar-refractivity contribution in [3.05, 3.63) is 45.8 Å². The number of hydrogen-bond donors (Lipinski definition) is 3. The second-order valence-corrected chi connectivity index (χ2v) is 5.91. The first kappa shape index (κ1) is 17.4. The van der Waals surface area contributed by atoms with Crippen LogP contribution in [0, 0.1) is 10.1 Å². The number of nitrogens with one attached hydrogen (secondary N) is 3. The highest BCUT2D eigenvalue weighted by molar-refractivity contribution is 7.98. The summed E-state index contributed by atoms with van der Waals surface area (Å²) in [5.74, 6) is 4.01. The summed E-state index contributed by atoms with van der Waals surface area (Å²) in [4.78, 5) is 11.2. The third-order valence-corrected chi connectivity index (χ3v) is 3.54. The minimum Gasteiger partial charge on any atom is -0.459 e. The molecule has 0 saturated heterocycles. The Morgan fingerprint density at radius 3 is 2.81 bits per heavy atom. The molecular formula is C13H23N4O3S+. The molecule has 0 aromatic carbocycles. The molecule has 0 amide bonds. The van der Waals surface area contributed by atoms with Gasteiger partial charge in [0.25, 0.3) is 6.20 Å². The maximum Gasteiger partial charge on any atom is 0.274 e. The van der Waals surface area contributed by atoms with Gasteiger partial charge in [0.1, 0.15) is 12.3 Å². The molecule has 0 fully saturated rings. The normalized spacial score (nSPS) is 11.7. The molecule has 0 radical (unpaired) electrons. The Hall–Kier alpha value is -1.67. The topological polar surface area (TPSA) is 84.8 Å². The summed E-state index contributed by atoms with van der Waals surface area (Å²) >= 11 is 1.72. The minimum atomic E-state index is -0.483. The Labute approximate surface area is 128 Å². The molecule has 1 heterocycles. The fourth-order valence-corrected chi connectivity index (χ4v) is 2.43. The summed E-state index contributed by atoms with van der Waals surface area (Å²) in [5.41, 5.74) is 0. The second kappa shape index (κ2) is 9.30. The van der Waals surface area contributed by atoms with Gasteiger partial charge in [0.05, 0.1) is 24.8 Å². The summed E-state index contributed by atoms with van der Waals surface area (Å²) in [7, 11) is 5.81.